The lowest BCUT2D eigenvalue weighted by molar-refractivity contribution is 0.620. The maximum Gasteiger partial charge on any atom is 0.156 e. The largest absolute Gasteiger partial charge is 0.237 e. The van der Waals surface area contributed by atoms with E-state index in [1.807, 2.05) is 16.8 Å². The monoisotopic (exact) mass is 288 g/mol. The second-order valence-electron chi connectivity index (χ2n) is 4.97. The SMILES string of the molecule is N#CC1CC2(CC2)c2c1cnc1cc(Br)nn21. The van der Waals surface area contributed by atoms with Gasteiger partial charge in [0.25, 0.3) is 0 Å². The van der Waals surface area contributed by atoms with Crippen molar-refractivity contribution in [2.75, 3.05) is 0 Å². The minimum atomic E-state index is -0.00706. The number of fused-ring (bicyclic) bond motifs is 4. The average Bonchev–Trinajstić information content (AvgIpc) is 2.86. The van der Waals surface area contributed by atoms with Gasteiger partial charge in [0, 0.05) is 23.2 Å². The maximum atomic E-state index is 9.23. The number of nitrogens with zero attached hydrogens (tertiary/aromatic N) is 4. The molecule has 1 saturated carbocycles. The van der Waals surface area contributed by atoms with Gasteiger partial charge in [-0.25, -0.2) is 9.50 Å². The molecule has 2 aromatic heterocycles. The number of halogens is 1. The zero-order valence-electron chi connectivity index (χ0n) is 9.02. The summed E-state index contributed by atoms with van der Waals surface area (Å²) in [6.45, 7) is 0. The summed E-state index contributed by atoms with van der Waals surface area (Å²) in [6, 6.07) is 4.31. The van der Waals surface area contributed by atoms with Crippen LogP contribution in [0, 0.1) is 11.3 Å². The molecule has 17 heavy (non-hydrogen) atoms. The molecular formula is C12H9BrN4. The molecule has 1 unspecified atom stereocenters. The topological polar surface area (TPSA) is 54.0 Å². The smallest absolute Gasteiger partial charge is 0.156 e. The van der Waals surface area contributed by atoms with Gasteiger partial charge in [-0.2, -0.15) is 10.4 Å². The first-order chi connectivity index (χ1) is 8.23. The van der Waals surface area contributed by atoms with E-state index >= 15 is 0 Å². The van der Waals surface area contributed by atoms with Crippen LogP contribution >= 0.6 is 15.9 Å². The number of nitriles is 1. The quantitative estimate of drug-likeness (QED) is 0.749. The number of hydrogen-bond donors (Lipinski definition) is 0. The van der Waals surface area contributed by atoms with Crippen LogP contribution in [0.5, 0.6) is 0 Å². The van der Waals surface area contributed by atoms with Crippen LogP contribution in [0.25, 0.3) is 5.65 Å². The molecule has 0 aromatic carbocycles. The molecule has 4 rings (SSSR count). The van der Waals surface area contributed by atoms with Crippen LogP contribution in [0.1, 0.15) is 36.4 Å². The average molecular weight is 289 g/mol. The van der Waals surface area contributed by atoms with Gasteiger partial charge in [-0.05, 0) is 35.2 Å². The van der Waals surface area contributed by atoms with Gasteiger partial charge < -0.3 is 0 Å². The van der Waals surface area contributed by atoms with E-state index < -0.39 is 0 Å². The van der Waals surface area contributed by atoms with Crippen LogP contribution in [-0.2, 0) is 5.41 Å². The molecule has 0 saturated heterocycles. The van der Waals surface area contributed by atoms with Crippen molar-refractivity contribution in [3.63, 3.8) is 0 Å². The summed E-state index contributed by atoms with van der Waals surface area (Å²) >= 11 is 3.39. The van der Waals surface area contributed by atoms with Gasteiger partial charge in [0.1, 0.15) is 4.60 Å². The van der Waals surface area contributed by atoms with Crippen molar-refractivity contribution in [2.45, 2.75) is 30.6 Å². The summed E-state index contributed by atoms with van der Waals surface area (Å²) in [6.07, 6.45) is 5.15. The van der Waals surface area contributed by atoms with Crippen LogP contribution in [0.2, 0.25) is 0 Å². The Morgan fingerprint density at radius 3 is 3.06 bits per heavy atom. The van der Waals surface area contributed by atoms with E-state index in [0.717, 1.165) is 22.2 Å². The molecule has 0 radical (unpaired) electrons. The Bertz CT molecular complexity index is 678. The minimum Gasteiger partial charge on any atom is -0.237 e. The molecule has 4 nitrogen and oxygen atoms in total. The van der Waals surface area contributed by atoms with Gasteiger partial charge in [0.05, 0.1) is 17.7 Å². The predicted octanol–water partition coefficient (Wildman–Crippen LogP) is 2.53. The van der Waals surface area contributed by atoms with Gasteiger partial charge in [0.2, 0.25) is 0 Å². The fourth-order valence-corrected chi connectivity index (χ4v) is 3.37. The first-order valence-corrected chi connectivity index (χ1v) is 6.47. The number of hydrogen-bond acceptors (Lipinski definition) is 3. The first-order valence-electron chi connectivity index (χ1n) is 5.68. The highest BCUT2D eigenvalue weighted by molar-refractivity contribution is 9.10. The van der Waals surface area contributed by atoms with Gasteiger partial charge in [-0.1, -0.05) is 0 Å². The molecule has 84 valence electrons. The van der Waals surface area contributed by atoms with Crippen molar-refractivity contribution in [2.24, 2.45) is 0 Å². The summed E-state index contributed by atoms with van der Waals surface area (Å²) in [5.74, 6) is -0.00706. The lowest BCUT2D eigenvalue weighted by atomic mass is 10.0. The van der Waals surface area contributed by atoms with Crippen molar-refractivity contribution >= 4 is 21.6 Å². The highest BCUT2D eigenvalue weighted by atomic mass is 79.9. The molecule has 2 heterocycles. The Hall–Kier alpha value is -1.41. The number of rotatable bonds is 0. The van der Waals surface area contributed by atoms with Gasteiger partial charge >= 0.3 is 0 Å². The normalized spacial score (nSPS) is 23.9. The molecule has 1 fully saturated rings. The molecule has 0 N–H and O–H groups in total. The Balaban J connectivity index is 2.10. The maximum absolute atomic E-state index is 9.23. The highest BCUT2D eigenvalue weighted by Crippen LogP contribution is 2.60. The summed E-state index contributed by atoms with van der Waals surface area (Å²) in [5, 5.41) is 13.7. The van der Waals surface area contributed by atoms with Crippen molar-refractivity contribution in [1.29, 1.82) is 5.26 Å². The molecule has 5 heteroatoms. The van der Waals surface area contributed by atoms with Gasteiger partial charge in [-0.15, -0.1) is 0 Å². The zero-order valence-corrected chi connectivity index (χ0v) is 10.6. The van der Waals surface area contributed by atoms with Crippen molar-refractivity contribution in [3.05, 3.63) is 28.1 Å². The Morgan fingerprint density at radius 1 is 1.53 bits per heavy atom. The van der Waals surface area contributed by atoms with Crippen LogP contribution < -0.4 is 0 Å². The molecule has 1 spiro atoms. The van der Waals surface area contributed by atoms with E-state index in [2.05, 4.69) is 32.1 Å². The summed E-state index contributed by atoms with van der Waals surface area (Å²) in [4.78, 5) is 4.38. The third-order valence-electron chi connectivity index (χ3n) is 3.96. The fraction of sp³-hybridized carbons (Fsp3) is 0.417. The molecular weight excluding hydrogens is 280 g/mol. The zero-order chi connectivity index (χ0) is 11.6. The molecule has 2 aromatic rings. The van der Waals surface area contributed by atoms with E-state index in [0.29, 0.717) is 0 Å². The Labute approximate surface area is 106 Å². The van der Waals surface area contributed by atoms with E-state index in [1.165, 1.54) is 18.5 Å². The summed E-state index contributed by atoms with van der Waals surface area (Å²) < 4.78 is 2.72. The van der Waals surface area contributed by atoms with Crippen molar-refractivity contribution < 1.29 is 0 Å². The lowest BCUT2D eigenvalue weighted by Crippen LogP contribution is -2.09. The highest BCUT2D eigenvalue weighted by Gasteiger charge is 2.54. The Kier molecular flexibility index (Phi) is 1.63. The fourth-order valence-electron chi connectivity index (χ4n) is 3.01. The summed E-state index contributed by atoms with van der Waals surface area (Å²) in [7, 11) is 0. The lowest BCUT2D eigenvalue weighted by Gasteiger charge is -2.08. The second kappa shape index (κ2) is 2.88. The van der Waals surface area contributed by atoms with E-state index in [9.17, 15) is 5.26 Å². The van der Waals surface area contributed by atoms with Crippen LogP contribution in [0.4, 0.5) is 0 Å². The first kappa shape index (κ1) is 9.60. The molecule has 0 bridgehead atoms. The van der Waals surface area contributed by atoms with Crippen LogP contribution in [0.15, 0.2) is 16.9 Å². The molecule has 0 aliphatic heterocycles. The van der Waals surface area contributed by atoms with Crippen molar-refractivity contribution in [3.8, 4) is 6.07 Å². The summed E-state index contributed by atoms with van der Waals surface area (Å²) in [5.41, 5.74) is 3.37. The molecule has 2 aliphatic carbocycles. The van der Waals surface area contributed by atoms with E-state index in [1.54, 1.807) is 0 Å². The van der Waals surface area contributed by atoms with Gasteiger partial charge in [-0.3, -0.25) is 0 Å². The van der Waals surface area contributed by atoms with Crippen LogP contribution in [0.3, 0.4) is 0 Å². The minimum absolute atomic E-state index is 0.00706. The predicted molar refractivity (Wildman–Crippen MR) is 64.6 cm³/mol. The van der Waals surface area contributed by atoms with E-state index in [-0.39, 0.29) is 11.3 Å². The van der Waals surface area contributed by atoms with Gasteiger partial charge in [0.15, 0.2) is 5.65 Å². The third kappa shape index (κ3) is 1.11. The third-order valence-corrected chi connectivity index (χ3v) is 4.35. The molecule has 0 amide bonds. The number of aromatic nitrogens is 3. The van der Waals surface area contributed by atoms with E-state index in [4.69, 9.17) is 0 Å². The van der Waals surface area contributed by atoms with Crippen molar-refractivity contribution in [1.82, 2.24) is 14.6 Å². The molecule has 1 atom stereocenters. The second-order valence-corrected chi connectivity index (χ2v) is 5.78. The standard InChI is InChI=1S/C12H9BrN4/c13-9-3-10-15-6-8-7(5-14)4-12(1-2-12)11(8)17(10)16-9/h3,6-7H,1-2,4H2. The van der Waals surface area contributed by atoms with Crippen LogP contribution in [-0.4, -0.2) is 14.6 Å². The molecule has 2 aliphatic rings. The Morgan fingerprint density at radius 2 is 2.35 bits per heavy atom.